The number of aromatic hydroxyl groups is 1. The quantitative estimate of drug-likeness (QED) is 0.804. The number of halogens is 2. The van der Waals surface area contributed by atoms with Crippen LogP contribution in [0.15, 0.2) is 34.6 Å². The summed E-state index contributed by atoms with van der Waals surface area (Å²) in [7, 11) is 4.21. The van der Waals surface area contributed by atoms with Crippen molar-refractivity contribution in [2.45, 2.75) is 6.04 Å². The van der Waals surface area contributed by atoms with Gasteiger partial charge in [-0.2, -0.15) is 0 Å². The highest BCUT2D eigenvalue weighted by molar-refractivity contribution is 7.10. The number of nitrogens with zero attached hydrogens (tertiary/aromatic N) is 1. The molecule has 3 nitrogen and oxygen atoms in total. The van der Waals surface area contributed by atoms with E-state index in [9.17, 15) is 5.11 Å². The van der Waals surface area contributed by atoms with E-state index in [0.717, 1.165) is 0 Å². The molecule has 1 heterocycles. The Hall–Kier alpha value is -1.07. The van der Waals surface area contributed by atoms with Crippen molar-refractivity contribution in [3.05, 3.63) is 50.1 Å². The second-order valence-corrected chi connectivity index (χ2v) is 6.79. The van der Waals surface area contributed by atoms with Gasteiger partial charge in [0.1, 0.15) is 11.8 Å². The molecule has 0 aliphatic heterocycles. The fraction of sp³-hybridized carbons (Fsp3) is 0.267. The van der Waals surface area contributed by atoms with E-state index >= 15 is 0 Å². The van der Waals surface area contributed by atoms with Crippen LogP contribution >= 0.6 is 34.5 Å². The summed E-state index contributed by atoms with van der Waals surface area (Å²) in [5.41, 5.74) is 0.534. The first kappa shape index (κ1) is 16.3. The number of hydrogen-bond donors (Lipinski definition) is 2. The van der Waals surface area contributed by atoms with Crippen LogP contribution in [0.2, 0.25) is 10.0 Å². The van der Waals surface area contributed by atoms with Gasteiger partial charge in [0, 0.05) is 16.8 Å². The van der Waals surface area contributed by atoms with Crippen LogP contribution in [0.4, 0.5) is 0 Å². The monoisotopic (exact) mass is 343 g/mol. The molecule has 0 fully saturated rings. The summed E-state index contributed by atoms with van der Waals surface area (Å²) in [6, 6.07) is 7.61. The maximum atomic E-state index is 9.90. The highest BCUT2D eigenvalue weighted by Crippen LogP contribution is 2.30. The summed E-state index contributed by atoms with van der Waals surface area (Å²) in [5.74, 6) is 0.00897. The Morgan fingerprint density at radius 3 is 2.76 bits per heavy atom. The van der Waals surface area contributed by atoms with Crippen LogP contribution in [0, 0.1) is 0 Å². The predicted molar refractivity (Wildman–Crippen MR) is 90.5 cm³/mol. The van der Waals surface area contributed by atoms with Gasteiger partial charge < -0.3 is 10.0 Å². The molecule has 6 heteroatoms. The molecule has 2 N–H and O–H groups in total. The van der Waals surface area contributed by atoms with Crippen LogP contribution in [-0.4, -0.2) is 32.0 Å². The largest absolute Gasteiger partial charge is 0.506 e. The highest BCUT2D eigenvalue weighted by Gasteiger charge is 2.17. The van der Waals surface area contributed by atoms with Crippen LogP contribution in [0.5, 0.6) is 5.75 Å². The summed E-state index contributed by atoms with van der Waals surface area (Å²) in [5, 5.41) is 12.7. The first-order valence-electron chi connectivity index (χ1n) is 6.50. The minimum Gasteiger partial charge on any atom is -0.506 e. The zero-order chi connectivity index (χ0) is 15.4. The molecule has 0 saturated heterocycles. The Morgan fingerprint density at radius 1 is 1.38 bits per heavy atom. The Balaban J connectivity index is 2.14. The highest BCUT2D eigenvalue weighted by atomic mass is 35.5. The lowest BCUT2D eigenvalue weighted by molar-refractivity contribution is -0.890. The molecular weight excluding hydrogens is 327 g/mol. The number of likely N-dealkylation sites (N-methyl/N-ethyl adjacent to an activating group) is 1. The number of quaternary nitrogens is 1. The molecule has 21 heavy (non-hydrogen) atoms. The molecule has 1 aromatic carbocycles. The lowest BCUT2D eigenvalue weighted by Crippen LogP contribution is -3.06. The molecule has 0 saturated carbocycles. The van der Waals surface area contributed by atoms with Crippen molar-refractivity contribution >= 4 is 40.8 Å². The average molecular weight is 344 g/mol. The fourth-order valence-corrected chi connectivity index (χ4v) is 3.44. The van der Waals surface area contributed by atoms with Crippen molar-refractivity contribution < 1.29 is 10.0 Å². The standard InChI is InChI=1S/C15H16Cl2N2OS/c1-19(2)13(14-4-3-5-21-14)9-18-8-10-6-11(16)7-12(17)15(10)20/h3-8,13,20H,9H2,1-2H3/p+1/t13-/m1/s1. The SMILES string of the molecule is C[NH+](C)[C@H](CN=Cc1cc(Cl)cc(Cl)c1O)c1cccs1. The third kappa shape index (κ3) is 4.20. The average Bonchev–Trinajstić information content (AvgIpc) is 2.93. The Kier molecular flexibility index (Phi) is 5.65. The van der Waals surface area contributed by atoms with Crippen LogP contribution in [-0.2, 0) is 0 Å². The van der Waals surface area contributed by atoms with Crippen molar-refractivity contribution in [1.82, 2.24) is 0 Å². The predicted octanol–water partition coefficient (Wildman–Crippen LogP) is 3.07. The van der Waals surface area contributed by atoms with E-state index in [1.165, 1.54) is 15.8 Å². The summed E-state index contributed by atoms with van der Waals surface area (Å²) in [6.07, 6.45) is 1.62. The maximum Gasteiger partial charge on any atom is 0.143 e. The summed E-state index contributed by atoms with van der Waals surface area (Å²) in [6.45, 7) is 0.631. The molecule has 0 unspecified atom stereocenters. The first-order valence-corrected chi connectivity index (χ1v) is 8.14. The lowest BCUT2D eigenvalue weighted by atomic mass is 10.2. The second-order valence-electron chi connectivity index (χ2n) is 4.97. The van der Waals surface area contributed by atoms with Gasteiger partial charge in [0.2, 0.25) is 0 Å². The van der Waals surface area contributed by atoms with Crippen molar-refractivity contribution in [2.75, 3.05) is 20.6 Å². The smallest absolute Gasteiger partial charge is 0.143 e. The number of rotatable bonds is 5. The number of phenols is 1. The summed E-state index contributed by atoms with van der Waals surface area (Å²) < 4.78 is 0. The third-order valence-corrected chi connectivity index (χ3v) is 4.65. The molecule has 0 spiro atoms. The zero-order valence-corrected chi connectivity index (χ0v) is 14.1. The van der Waals surface area contributed by atoms with E-state index in [1.807, 2.05) is 6.07 Å². The van der Waals surface area contributed by atoms with E-state index < -0.39 is 0 Å². The minimum atomic E-state index is 0.00897. The Labute approximate surface area is 138 Å². The number of hydrogen-bond acceptors (Lipinski definition) is 3. The molecule has 1 atom stereocenters. The van der Waals surface area contributed by atoms with E-state index in [-0.39, 0.29) is 16.8 Å². The van der Waals surface area contributed by atoms with Gasteiger partial charge in [0.15, 0.2) is 0 Å². The van der Waals surface area contributed by atoms with E-state index in [0.29, 0.717) is 17.1 Å². The van der Waals surface area contributed by atoms with Crippen molar-refractivity contribution in [3.8, 4) is 5.75 Å². The summed E-state index contributed by atoms with van der Waals surface area (Å²) >= 11 is 13.6. The van der Waals surface area contributed by atoms with Crippen LogP contribution in [0.1, 0.15) is 16.5 Å². The molecule has 2 rings (SSSR count). The van der Waals surface area contributed by atoms with Gasteiger partial charge in [0.25, 0.3) is 0 Å². The molecule has 2 aromatic rings. The van der Waals surface area contributed by atoms with Gasteiger partial charge in [-0.15, -0.1) is 11.3 Å². The van der Waals surface area contributed by atoms with Gasteiger partial charge in [-0.3, -0.25) is 4.99 Å². The summed E-state index contributed by atoms with van der Waals surface area (Å²) in [4.78, 5) is 7.05. The van der Waals surface area contributed by atoms with Gasteiger partial charge in [-0.25, -0.2) is 0 Å². The van der Waals surface area contributed by atoms with Crippen LogP contribution in [0.3, 0.4) is 0 Å². The molecule has 0 aliphatic rings. The molecule has 0 bridgehead atoms. The second kappa shape index (κ2) is 7.27. The van der Waals surface area contributed by atoms with Gasteiger partial charge >= 0.3 is 0 Å². The number of nitrogens with one attached hydrogen (secondary N) is 1. The minimum absolute atomic E-state index is 0.00897. The normalized spacial score (nSPS) is 13.2. The zero-order valence-electron chi connectivity index (χ0n) is 11.8. The van der Waals surface area contributed by atoms with E-state index in [1.54, 1.807) is 23.6 Å². The number of aliphatic imine (C=N–C) groups is 1. The van der Waals surface area contributed by atoms with Gasteiger partial charge in [-0.1, -0.05) is 29.3 Å². The molecular formula is C15H17Cl2N2OS+. The molecule has 1 aromatic heterocycles. The van der Waals surface area contributed by atoms with Gasteiger partial charge in [-0.05, 0) is 23.6 Å². The Morgan fingerprint density at radius 2 is 2.14 bits per heavy atom. The van der Waals surface area contributed by atoms with E-state index in [2.05, 4.69) is 30.5 Å². The molecule has 0 amide bonds. The third-order valence-electron chi connectivity index (χ3n) is 3.16. The molecule has 0 aliphatic carbocycles. The number of thiophene rings is 1. The van der Waals surface area contributed by atoms with Crippen molar-refractivity contribution in [2.24, 2.45) is 4.99 Å². The van der Waals surface area contributed by atoms with Crippen molar-refractivity contribution in [3.63, 3.8) is 0 Å². The van der Waals surface area contributed by atoms with Crippen molar-refractivity contribution in [1.29, 1.82) is 0 Å². The molecule has 112 valence electrons. The fourth-order valence-electron chi connectivity index (χ4n) is 1.99. The Bertz CT molecular complexity index is 627. The molecule has 0 radical (unpaired) electrons. The lowest BCUT2D eigenvalue weighted by Gasteiger charge is -2.18. The maximum absolute atomic E-state index is 9.90. The van der Waals surface area contributed by atoms with E-state index in [4.69, 9.17) is 23.2 Å². The van der Waals surface area contributed by atoms with Gasteiger partial charge in [0.05, 0.1) is 30.5 Å². The number of benzene rings is 1. The van der Waals surface area contributed by atoms with Crippen LogP contribution < -0.4 is 4.90 Å². The topological polar surface area (TPSA) is 37.0 Å². The van der Waals surface area contributed by atoms with Crippen LogP contribution in [0.25, 0.3) is 0 Å². The first-order chi connectivity index (χ1) is 9.99. The number of phenolic OH excluding ortho intramolecular Hbond substituents is 1.